The lowest BCUT2D eigenvalue weighted by atomic mass is 9.99. The van der Waals surface area contributed by atoms with Crippen molar-refractivity contribution in [1.29, 1.82) is 0 Å². The highest BCUT2D eigenvalue weighted by molar-refractivity contribution is 5.17. The Morgan fingerprint density at radius 2 is 1.14 bits per heavy atom. The van der Waals surface area contributed by atoms with Crippen LogP contribution in [0, 0.1) is 0 Å². The molecule has 13 nitrogen and oxygen atoms in total. The van der Waals surface area contributed by atoms with Crippen LogP contribution in [0.15, 0.2) is 60.7 Å². The Bertz CT molecular complexity index is 974. The second-order valence-corrected chi connectivity index (χ2v) is 10.7. The Balaban J connectivity index is 1.38. The van der Waals surface area contributed by atoms with Gasteiger partial charge in [0.25, 0.3) is 0 Å². The maximum atomic E-state index is 11.0. The van der Waals surface area contributed by atoms with Gasteiger partial charge in [0.15, 0.2) is 12.6 Å². The predicted octanol–water partition coefficient (Wildman–Crippen LogP) is -1.31. The average molecular weight is 610 g/mol. The van der Waals surface area contributed by atoms with Crippen molar-refractivity contribution in [2.75, 3.05) is 52.7 Å². The minimum absolute atomic E-state index is 0.0795. The normalized spacial score (nSPS) is 29.2. The first kappa shape index (κ1) is 33.8. The van der Waals surface area contributed by atoms with Crippen molar-refractivity contribution < 1.29 is 59.4 Å². The fourth-order valence-corrected chi connectivity index (χ4v) is 5.09. The number of hydrogen-bond donors (Lipinski definition) is 7. The van der Waals surface area contributed by atoms with E-state index < -0.39 is 61.4 Å². The van der Waals surface area contributed by atoms with E-state index in [1.807, 2.05) is 12.1 Å². The third kappa shape index (κ3) is 9.45. The lowest BCUT2D eigenvalue weighted by Crippen LogP contribution is -2.56. The highest BCUT2D eigenvalue weighted by Crippen LogP contribution is 2.30. The molecule has 2 aromatic rings. The number of nitrogens with zero attached hydrogens (tertiary/aromatic N) is 1. The molecule has 0 bridgehead atoms. The molecule has 0 radical (unpaired) electrons. The summed E-state index contributed by atoms with van der Waals surface area (Å²) in [7, 11) is 0. The molecular weight excluding hydrogens is 566 g/mol. The van der Waals surface area contributed by atoms with Gasteiger partial charge in [0.05, 0.1) is 45.2 Å². The molecule has 13 heteroatoms. The van der Waals surface area contributed by atoms with Crippen LogP contribution in [0.3, 0.4) is 0 Å². The number of aliphatic hydroxyl groups is 7. The monoisotopic (exact) mass is 609 g/mol. The van der Waals surface area contributed by atoms with E-state index >= 15 is 0 Å². The van der Waals surface area contributed by atoms with Crippen molar-refractivity contribution in [1.82, 2.24) is 4.90 Å². The summed E-state index contributed by atoms with van der Waals surface area (Å²) in [5.41, 5.74) is 1.38. The molecule has 2 heterocycles. The molecule has 0 amide bonds. The van der Waals surface area contributed by atoms with Crippen molar-refractivity contribution >= 4 is 0 Å². The second-order valence-electron chi connectivity index (χ2n) is 10.7. The largest absolute Gasteiger partial charge is 0.394 e. The van der Waals surface area contributed by atoms with Crippen molar-refractivity contribution in [2.24, 2.45) is 0 Å². The standard InChI is InChI=1S/C30H43NO12/c32-12-14-39-13-11-31(15-21(33)25(37)27-23(35)17-40-29(42-27)19-7-3-1-4-8-19)16-22(34)26(38)28-24(36)18-41-30(43-28)20-9-5-2-6-10-20/h1-10,21-30,32-38H,11-18H2/t21-,22-,23+,24+,25+,26+,27+,28+,29?,30?/m0/s1. The Labute approximate surface area is 250 Å². The maximum absolute atomic E-state index is 11.0. The Hall–Kier alpha value is -2.08. The van der Waals surface area contributed by atoms with Gasteiger partial charge in [0.1, 0.15) is 36.6 Å². The molecular formula is C30H43NO12. The molecule has 0 aliphatic carbocycles. The SMILES string of the molecule is OCCOCCN(C[C@H](O)[C@@H](O)[C@@H]1OC(c2ccccc2)OC[C@H]1O)C[C@H](O)[C@@H](O)[C@@H]1OC(c2ccccc2)OC[C@H]1O. The molecule has 7 N–H and O–H groups in total. The summed E-state index contributed by atoms with van der Waals surface area (Å²) in [5.74, 6) is 0. The lowest BCUT2D eigenvalue weighted by Gasteiger charge is -2.40. The summed E-state index contributed by atoms with van der Waals surface area (Å²) in [5, 5.41) is 74.0. The molecule has 2 unspecified atom stereocenters. The molecule has 0 aromatic heterocycles. The summed E-state index contributed by atoms with van der Waals surface area (Å²) < 4.78 is 28.1. The van der Waals surface area contributed by atoms with E-state index in [2.05, 4.69) is 0 Å². The van der Waals surface area contributed by atoms with Gasteiger partial charge in [0.2, 0.25) is 0 Å². The molecule has 2 aromatic carbocycles. The summed E-state index contributed by atoms with van der Waals surface area (Å²) >= 11 is 0. The van der Waals surface area contributed by atoms with E-state index in [1.54, 1.807) is 53.4 Å². The highest BCUT2D eigenvalue weighted by atomic mass is 16.7. The molecule has 2 aliphatic heterocycles. The first-order valence-electron chi connectivity index (χ1n) is 14.4. The van der Waals surface area contributed by atoms with E-state index in [1.165, 1.54) is 0 Å². The summed E-state index contributed by atoms with van der Waals surface area (Å²) in [6.45, 7) is -0.459. The maximum Gasteiger partial charge on any atom is 0.184 e. The molecule has 2 saturated heterocycles. The molecule has 0 saturated carbocycles. The van der Waals surface area contributed by atoms with Gasteiger partial charge in [-0.1, -0.05) is 60.7 Å². The first-order chi connectivity index (χ1) is 20.8. The predicted molar refractivity (Wildman–Crippen MR) is 150 cm³/mol. The summed E-state index contributed by atoms with van der Waals surface area (Å²) in [4.78, 5) is 1.56. The fraction of sp³-hybridized carbons (Fsp3) is 0.600. The van der Waals surface area contributed by atoms with Crippen molar-refractivity contribution in [2.45, 2.75) is 61.4 Å². The van der Waals surface area contributed by atoms with E-state index in [0.29, 0.717) is 11.1 Å². The third-order valence-corrected chi connectivity index (χ3v) is 7.44. The molecule has 43 heavy (non-hydrogen) atoms. The van der Waals surface area contributed by atoms with Gasteiger partial charge in [0, 0.05) is 30.8 Å². The van der Waals surface area contributed by atoms with Gasteiger partial charge in [-0.3, -0.25) is 4.90 Å². The number of hydrogen-bond acceptors (Lipinski definition) is 13. The fourth-order valence-electron chi connectivity index (χ4n) is 5.09. The number of benzene rings is 2. The van der Waals surface area contributed by atoms with E-state index in [9.17, 15) is 30.6 Å². The lowest BCUT2D eigenvalue weighted by molar-refractivity contribution is -0.285. The van der Waals surface area contributed by atoms with Gasteiger partial charge in [-0.15, -0.1) is 0 Å². The van der Waals surface area contributed by atoms with Gasteiger partial charge < -0.3 is 59.4 Å². The summed E-state index contributed by atoms with van der Waals surface area (Å²) in [6.07, 6.45) is -12.4. The van der Waals surface area contributed by atoms with Crippen molar-refractivity contribution in [3.8, 4) is 0 Å². The van der Waals surface area contributed by atoms with Crippen LogP contribution in [0.2, 0.25) is 0 Å². The minimum atomic E-state index is -1.53. The Morgan fingerprint density at radius 3 is 1.56 bits per heavy atom. The van der Waals surface area contributed by atoms with Crippen LogP contribution >= 0.6 is 0 Å². The Kier molecular flexibility index (Phi) is 13.2. The van der Waals surface area contributed by atoms with E-state index in [0.717, 1.165) is 0 Å². The van der Waals surface area contributed by atoms with Crippen LogP contribution in [-0.2, 0) is 23.7 Å². The molecule has 0 spiro atoms. The van der Waals surface area contributed by atoms with Crippen molar-refractivity contribution in [3.05, 3.63) is 71.8 Å². The average Bonchev–Trinajstić information content (AvgIpc) is 3.03. The Morgan fingerprint density at radius 1 is 0.698 bits per heavy atom. The second kappa shape index (κ2) is 16.8. The van der Waals surface area contributed by atoms with Crippen LogP contribution < -0.4 is 0 Å². The minimum Gasteiger partial charge on any atom is -0.394 e. The third-order valence-electron chi connectivity index (χ3n) is 7.44. The number of rotatable bonds is 15. The molecule has 2 aliphatic rings. The number of ether oxygens (including phenoxy) is 5. The van der Waals surface area contributed by atoms with Crippen LogP contribution in [0.4, 0.5) is 0 Å². The quantitative estimate of drug-likeness (QED) is 0.118. The van der Waals surface area contributed by atoms with E-state index in [4.69, 9.17) is 28.8 Å². The van der Waals surface area contributed by atoms with Crippen LogP contribution in [0.25, 0.3) is 0 Å². The van der Waals surface area contributed by atoms with Crippen LogP contribution in [0.1, 0.15) is 23.7 Å². The zero-order chi connectivity index (χ0) is 30.8. The van der Waals surface area contributed by atoms with Crippen LogP contribution in [-0.4, -0.2) is 142 Å². The van der Waals surface area contributed by atoms with Crippen molar-refractivity contribution in [3.63, 3.8) is 0 Å². The molecule has 2 fully saturated rings. The summed E-state index contributed by atoms with van der Waals surface area (Å²) in [6, 6.07) is 18.0. The molecule has 10 atom stereocenters. The smallest absolute Gasteiger partial charge is 0.184 e. The number of aliphatic hydroxyl groups excluding tert-OH is 7. The van der Waals surface area contributed by atoms with Gasteiger partial charge in [-0.2, -0.15) is 0 Å². The van der Waals surface area contributed by atoms with Gasteiger partial charge in [-0.25, -0.2) is 0 Å². The molecule has 4 rings (SSSR count). The highest BCUT2D eigenvalue weighted by Gasteiger charge is 2.42. The zero-order valence-corrected chi connectivity index (χ0v) is 23.8. The van der Waals surface area contributed by atoms with Crippen LogP contribution in [0.5, 0.6) is 0 Å². The zero-order valence-electron chi connectivity index (χ0n) is 23.8. The van der Waals surface area contributed by atoms with E-state index in [-0.39, 0.29) is 52.7 Å². The van der Waals surface area contributed by atoms with Gasteiger partial charge >= 0.3 is 0 Å². The van der Waals surface area contributed by atoms with Gasteiger partial charge in [-0.05, 0) is 0 Å². The molecule has 240 valence electrons. The topological polar surface area (TPSA) is 191 Å². The first-order valence-corrected chi connectivity index (χ1v) is 14.4.